The van der Waals surface area contributed by atoms with Crippen molar-refractivity contribution in [2.24, 2.45) is 11.8 Å². The van der Waals surface area contributed by atoms with Gasteiger partial charge in [0.1, 0.15) is 12.4 Å². The molecule has 1 amide bonds. The summed E-state index contributed by atoms with van der Waals surface area (Å²) in [7, 11) is 0. The average Bonchev–Trinajstić information content (AvgIpc) is 2.85. The summed E-state index contributed by atoms with van der Waals surface area (Å²) in [5, 5.41) is 14.2. The first-order chi connectivity index (χ1) is 16.9. The van der Waals surface area contributed by atoms with Gasteiger partial charge in [0.2, 0.25) is 5.91 Å². The molecule has 35 heavy (non-hydrogen) atoms. The van der Waals surface area contributed by atoms with Gasteiger partial charge in [0.25, 0.3) is 5.69 Å². The molecule has 0 spiro atoms. The molecule has 1 saturated heterocycles. The van der Waals surface area contributed by atoms with Crippen molar-refractivity contribution in [1.82, 2.24) is 4.90 Å². The Kier molecular flexibility index (Phi) is 8.06. The minimum absolute atomic E-state index is 0.0417. The van der Waals surface area contributed by atoms with E-state index in [9.17, 15) is 14.9 Å². The lowest BCUT2D eigenvalue weighted by atomic mass is 9.68. The number of hydrogen-bond donors (Lipinski definition) is 1. The van der Waals surface area contributed by atoms with Gasteiger partial charge in [-0.3, -0.25) is 19.8 Å². The van der Waals surface area contributed by atoms with Crippen molar-refractivity contribution in [3.63, 3.8) is 0 Å². The van der Waals surface area contributed by atoms with E-state index in [2.05, 4.69) is 24.1 Å². The Bertz CT molecular complexity index is 990. The average molecular weight is 480 g/mol. The maximum absolute atomic E-state index is 13.5. The van der Waals surface area contributed by atoms with Crippen LogP contribution in [-0.2, 0) is 10.2 Å². The fourth-order valence-corrected chi connectivity index (χ4v) is 5.86. The minimum Gasteiger partial charge on any atom is -0.492 e. The maximum atomic E-state index is 13.5. The minimum atomic E-state index is -0.661. The standard InChI is InChI=1S/C28H37N3O4/c1-21-18-22(2)20-30(19-21)16-17-35-26-12-8-24(9-13-26)29-27(32)28(14-4-3-5-15-28)23-6-10-25(11-7-23)31(33)34/h6-13,21-22H,3-5,14-20H2,1-2H3,(H,29,32). The highest BCUT2D eigenvalue weighted by molar-refractivity contribution is 5.99. The molecule has 1 heterocycles. The van der Waals surface area contributed by atoms with Crippen molar-refractivity contribution < 1.29 is 14.5 Å². The van der Waals surface area contributed by atoms with Crippen LogP contribution in [0.15, 0.2) is 48.5 Å². The van der Waals surface area contributed by atoms with E-state index in [0.29, 0.717) is 6.61 Å². The fraction of sp³-hybridized carbons (Fsp3) is 0.536. The van der Waals surface area contributed by atoms with Gasteiger partial charge in [0.15, 0.2) is 0 Å². The van der Waals surface area contributed by atoms with E-state index in [1.807, 2.05) is 24.3 Å². The molecule has 188 valence electrons. The lowest BCUT2D eigenvalue weighted by Gasteiger charge is -2.36. The fourth-order valence-electron chi connectivity index (χ4n) is 5.86. The number of carbonyl (C=O) groups excluding carboxylic acids is 1. The summed E-state index contributed by atoms with van der Waals surface area (Å²) in [4.78, 5) is 26.6. The predicted octanol–water partition coefficient (Wildman–Crippen LogP) is 5.79. The van der Waals surface area contributed by atoms with E-state index >= 15 is 0 Å². The van der Waals surface area contributed by atoms with E-state index in [4.69, 9.17) is 4.74 Å². The van der Waals surface area contributed by atoms with E-state index in [0.717, 1.165) is 80.6 Å². The maximum Gasteiger partial charge on any atom is 0.269 e. The van der Waals surface area contributed by atoms with Crippen LogP contribution in [0.2, 0.25) is 0 Å². The summed E-state index contributed by atoms with van der Waals surface area (Å²) in [6.07, 6.45) is 5.81. The number of likely N-dealkylation sites (tertiary alicyclic amines) is 1. The third-order valence-corrected chi connectivity index (χ3v) is 7.51. The molecular formula is C28H37N3O4. The molecule has 2 aromatic carbocycles. The summed E-state index contributed by atoms with van der Waals surface area (Å²) in [5.74, 6) is 2.22. The van der Waals surface area contributed by atoms with E-state index < -0.39 is 10.3 Å². The van der Waals surface area contributed by atoms with E-state index in [-0.39, 0.29) is 11.6 Å². The number of nitrogens with one attached hydrogen (secondary N) is 1. The Balaban J connectivity index is 1.36. The number of nitrogens with zero attached hydrogens (tertiary/aromatic N) is 2. The number of nitro benzene ring substituents is 1. The van der Waals surface area contributed by atoms with Crippen LogP contribution in [0.3, 0.4) is 0 Å². The van der Waals surface area contributed by atoms with Gasteiger partial charge in [-0.2, -0.15) is 0 Å². The van der Waals surface area contributed by atoms with Crippen molar-refractivity contribution in [3.8, 4) is 5.75 Å². The summed E-state index contributed by atoms with van der Waals surface area (Å²) >= 11 is 0. The Labute approximate surface area is 208 Å². The van der Waals surface area contributed by atoms with Crippen LogP contribution < -0.4 is 10.1 Å². The normalized spacial score (nSPS) is 22.3. The van der Waals surface area contributed by atoms with Gasteiger partial charge in [-0.1, -0.05) is 45.2 Å². The smallest absolute Gasteiger partial charge is 0.269 e. The molecule has 1 aliphatic carbocycles. The summed E-state index contributed by atoms with van der Waals surface area (Å²) in [6, 6.07) is 14.0. The lowest BCUT2D eigenvalue weighted by molar-refractivity contribution is -0.384. The Hall–Kier alpha value is -2.93. The highest BCUT2D eigenvalue weighted by Crippen LogP contribution is 2.41. The summed E-state index contributed by atoms with van der Waals surface area (Å²) in [6.45, 7) is 8.47. The van der Waals surface area contributed by atoms with Gasteiger partial charge in [-0.25, -0.2) is 0 Å². The van der Waals surface area contributed by atoms with Crippen LogP contribution in [-0.4, -0.2) is 42.0 Å². The van der Waals surface area contributed by atoms with Gasteiger partial charge >= 0.3 is 0 Å². The lowest BCUT2D eigenvalue weighted by Crippen LogP contribution is -2.42. The Morgan fingerprint density at radius 1 is 1.03 bits per heavy atom. The molecule has 2 aromatic rings. The second-order valence-corrected chi connectivity index (χ2v) is 10.5. The van der Waals surface area contributed by atoms with Crippen LogP contribution in [0.5, 0.6) is 5.75 Å². The number of anilines is 1. The summed E-state index contributed by atoms with van der Waals surface area (Å²) < 4.78 is 5.97. The number of benzene rings is 2. The quantitative estimate of drug-likeness (QED) is 0.382. The number of rotatable bonds is 8. The van der Waals surface area contributed by atoms with Gasteiger partial charge in [-0.05, 0) is 60.9 Å². The molecule has 1 saturated carbocycles. The largest absolute Gasteiger partial charge is 0.492 e. The van der Waals surface area contributed by atoms with Crippen molar-refractivity contribution >= 4 is 17.3 Å². The van der Waals surface area contributed by atoms with Crippen molar-refractivity contribution in [3.05, 3.63) is 64.2 Å². The zero-order valence-electron chi connectivity index (χ0n) is 20.9. The van der Waals surface area contributed by atoms with Gasteiger partial charge in [0.05, 0.1) is 10.3 Å². The first-order valence-electron chi connectivity index (χ1n) is 12.9. The molecule has 2 unspecified atom stereocenters. The van der Waals surface area contributed by atoms with Crippen LogP contribution in [0.4, 0.5) is 11.4 Å². The SMILES string of the molecule is CC1CC(C)CN(CCOc2ccc(NC(=O)C3(c4ccc([N+](=O)[O-])cc4)CCCCC3)cc2)C1. The Morgan fingerprint density at radius 2 is 1.66 bits per heavy atom. The first kappa shape index (κ1) is 25.2. The first-order valence-corrected chi connectivity index (χ1v) is 12.9. The topological polar surface area (TPSA) is 84.7 Å². The van der Waals surface area contributed by atoms with Crippen LogP contribution in [0.1, 0.15) is 57.9 Å². The molecule has 1 N–H and O–H groups in total. The Morgan fingerprint density at radius 3 is 2.26 bits per heavy atom. The molecule has 0 bridgehead atoms. The second kappa shape index (κ2) is 11.2. The molecule has 2 fully saturated rings. The van der Waals surface area contributed by atoms with Crippen LogP contribution in [0.25, 0.3) is 0 Å². The monoisotopic (exact) mass is 479 g/mol. The third-order valence-electron chi connectivity index (χ3n) is 7.51. The van der Waals surface area contributed by atoms with Crippen molar-refractivity contribution in [2.45, 2.75) is 57.8 Å². The molecule has 2 aliphatic rings. The van der Waals surface area contributed by atoms with Gasteiger partial charge in [-0.15, -0.1) is 0 Å². The van der Waals surface area contributed by atoms with Crippen LogP contribution in [0, 0.1) is 22.0 Å². The zero-order chi connectivity index (χ0) is 24.8. The highest BCUT2D eigenvalue weighted by atomic mass is 16.6. The van der Waals surface area contributed by atoms with Crippen molar-refractivity contribution in [1.29, 1.82) is 0 Å². The number of ether oxygens (including phenoxy) is 1. The van der Waals surface area contributed by atoms with E-state index in [1.54, 1.807) is 12.1 Å². The molecule has 7 nitrogen and oxygen atoms in total. The highest BCUT2D eigenvalue weighted by Gasteiger charge is 2.41. The molecule has 4 rings (SSSR count). The number of nitro groups is 1. The van der Waals surface area contributed by atoms with E-state index in [1.165, 1.54) is 18.6 Å². The predicted molar refractivity (Wildman–Crippen MR) is 138 cm³/mol. The third kappa shape index (κ3) is 6.20. The molecule has 0 radical (unpaired) electrons. The number of carbonyl (C=O) groups is 1. The van der Waals surface area contributed by atoms with Gasteiger partial charge < -0.3 is 10.1 Å². The molecule has 7 heteroatoms. The summed E-state index contributed by atoms with van der Waals surface area (Å²) in [5.41, 5.74) is 0.958. The number of non-ortho nitro benzene ring substituents is 1. The number of piperidine rings is 1. The van der Waals surface area contributed by atoms with Gasteiger partial charge in [0, 0.05) is 37.5 Å². The van der Waals surface area contributed by atoms with Crippen molar-refractivity contribution in [2.75, 3.05) is 31.6 Å². The molecular weight excluding hydrogens is 442 g/mol. The molecule has 2 atom stereocenters. The second-order valence-electron chi connectivity index (χ2n) is 10.5. The zero-order valence-corrected chi connectivity index (χ0v) is 20.9. The molecule has 1 aliphatic heterocycles. The molecule has 0 aromatic heterocycles. The number of amides is 1. The van der Waals surface area contributed by atoms with Crippen LogP contribution >= 0.6 is 0 Å². The number of hydrogen-bond acceptors (Lipinski definition) is 5.